The number of aliphatic hydroxyl groups excluding tert-OH is 1. The van der Waals surface area contributed by atoms with E-state index in [9.17, 15) is 14.7 Å². The molecule has 0 aromatic heterocycles. The van der Waals surface area contributed by atoms with Gasteiger partial charge in [-0.15, -0.1) is 0 Å². The Morgan fingerprint density at radius 1 is 0.909 bits per heavy atom. The van der Waals surface area contributed by atoms with Gasteiger partial charge in [0.15, 0.2) is 11.6 Å². The van der Waals surface area contributed by atoms with Crippen molar-refractivity contribution in [1.82, 2.24) is 0 Å². The van der Waals surface area contributed by atoms with Gasteiger partial charge in [-0.25, -0.2) is 0 Å². The van der Waals surface area contributed by atoms with Crippen molar-refractivity contribution in [2.24, 2.45) is 5.11 Å². The van der Waals surface area contributed by atoms with Crippen LogP contribution in [0.4, 0.5) is 0 Å². The van der Waals surface area contributed by atoms with Crippen molar-refractivity contribution in [3.8, 4) is 0 Å². The number of carbonyl (C=O) groups excluding carboxylic acids is 2. The standard InChI is InChI=1S/C16H13N3O3/c17-19-18-13(14(20)11-7-3-1-4-8-11)16(22)15(21)12-9-5-2-6-10-12/h1-10,13,16,22H/t13-,16+/m0/s1. The molecule has 0 saturated heterocycles. The van der Waals surface area contributed by atoms with Gasteiger partial charge in [0.1, 0.15) is 12.1 Å². The molecule has 6 heteroatoms. The topological polar surface area (TPSA) is 103 Å². The maximum atomic E-state index is 12.3. The molecular formula is C16H13N3O3. The van der Waals surface area contributed by atoms with Gasteiger partial charge in [-0.05, 0) is 5.53 Å². The van der Waals surface area contributed by atoms with Gasteiger partial charge in [-0.1, -0.05) is 65.8 Å². The van der Waals surface area contributed by atoms with Crippen molar-refractivity contribution in [3.63, 3.8) is 0 Å². The Morgan fingerprint density at radius 2 is 1.36 bits per heavy atom. The van der Waals surface area contributed by atoms with Crippen molar-refractivity contribution >= 4 is 11.6 Å². The van der Waals surface area contributed by atoms with Crippen molar-refractivity contribution in [1.29, 1.82) is 0 Å². The third-order valence-electron chi connectivity index (χ3n) is 3.13. The van der Waals surface area contributed by atoms with Gasteiger partial charge in [-0.2, -0.15) is 0 Å². The summed E-state index contributed by atoms with van der Waals surface area (Å²) >= 11 is 0. The summed E-state index contributed by atoms with van der Waals surface area (Å²) in [6.07, 6.45) is -1.73. The molecule has 0 aliphatic rings. The highest BCUT2D eigenvalue weighted by molar-refractivity contribution is 6.07. The van der Waals surface area contributed by atoms with Crippen LogP contribution >= 0.6 is 0 Å². The van der Waals surface area contributed by atoms with E-state index in [1.165, 1.54) is 24.3 Å². The Hall–Kier alpha value is -2.95. The Balaban J connectivity index is 2.30. The molecule has 110 valence electrons. The van der Waals surface area contributed by atoms with E-state index in [4.69, 9.17) is 5.53 Å². The second-order valence-electron chi connectivity index (χ2n) is 4.56. The number of rotatable bonds is 6. The lowest BCUT2D eigenvalue weighted by Crippen LogP contribution is -2.38. The number of hydrogen-bond acceptors (Lipinski definition) is 4. The summed E-state index contributed by atoms with van der Waals surface area (Å²) in [6.45, 7) is 0. The first kappa shape index (κ1) is 15.4. The molecular weight excluding hydrogens is 282 g/mol. The van der Waals surface area contributed by atoms with Gasteiger partial charge in [0.2, 0.25) is 0 Å². The Kier molecular flexibility index (Phi) is 5.03. The van der Waals surface area contributed by atoms with Gasteiger partial charge >= 0.3 is 0 Å². The molecule has 2 atom stereocenters. The second-order valence-corrected chi connectivity index (χ2v) is 4.56. The van der Waals surface area contributed by atoms with Gasteiger partial charge in [0, 0.05) is 16.0 Å². The molecule has 6 nitrogen and oxygen atoms in total. The molecule has 0 aliphatic heterocycles. The first-order chi connectivity index (χ1) is 10.6. The summed E-state index contributed by atoms with van der Waals surface area (Å²) in [5.74, 6) is -1.27. The number of azide groups is 1. The van der Waals surface area contributed by atoms with Crippen LogP contribution in [0.1, 0.15) is 20.7 Å². The van der Waals surface area contributed by atoms with Crippen LogP contribution in [-0.4, -0.2) is 28.8 Å². The molecule has 0 aliphatic carbocycles. The normalized spacial score (nSPS) is 12.8. The first-order valence-corrected chi connectivity index (χ1v) is 6.56. The molecule has 0 unspecified atom stereocenters. The fraction of sp³-hybridized carbons (Fsp3) is 0.125. The molecule has 0 heterocycles. The molecule has 0 amide bonds. The molecule has 0 saturated carbocycles. The van der Waals surface area contributed by atoms with E-state index in [1.807, 2.05) is 0 Å². The van der Waals surface area contributed by atoms with Crippen LogP contribution in [0.3, 0.4) is 0 Å². The summed E-state index contributed by atoms with van der Waals surface area (Å²) in [4.78, 5) is 27.1. The lowest BCUT2D eigenvalue weighted by Gasteiger charge is -2.16. The fourth-order valence-electron chi connectivity index (χ4n) is 2.00. The molecule has 22 heavy (non-hydrogen) atoms. The van der Waals surface area contributed by atoms with E-state index >= 15 is 0 Å². The third-order valence-corrected chi connectivity index (χ3v) is 3.13. The van der Waals surface area contributed by atoms with E-state index < -0.39 is 23.7 Å². The number of carbonyl (C=O) groups is 2. The number of nitrogens with zero attached hydrogens (tertiary/aromatic N) is 3. The van der Waals surface area contributed by atoms with Gasteiger partial charge in [-0.3, -0.25) is 9.59 Å². The van der Waals surface area contributed by atoms with E-state index in [0.29, 0.717) is 0 Å². The van der Waals surface area contributed by atoms with Crippen LogP contribution in [0.5, 0.6) is 0 Å². The maximum absolute atomic E-state index is 12.3. The molecule has 1 N–H and O–H groups in total. The zero-order valence-electron chi connectivity index (χ0n) is 11.5. The van der Waals surface area contributed by atoms with Crippen molar-refractivity contribution in [3.05, 3.63) is 82.2 Å². The minimum absolute atomic E-state index is 0.244. The van der Waals surface area contributed by atoms with E-state index in [0.717, 1.165) is 0 Å². The minimum Gasteiger partial charge on any atom is -0.384 e. The zero-order chi connectivity index (χ0) is 15.9. The molecule has 0 bridgehead atoms. The maximum Gasteiger partial charge on any atom is 0.192 e. The summed E-state index contributed by atoms with van der Waals surface area (Å²) in [6, 6.07) is 14.6. The average molecular weight is 295 g/mol. The number of aliphatic hydroxyl groups is 1. The lowest BCUT2D eigenvalue weighted by molar-refractivity contribution is 0.0635. The smallest absolute Gasteiger partial charge is 0.192 e. The molecule has 0 fully saturated rings. The predicted octanol–water partition coefficient (Wildman–Crippen LogP) is 2.79. The quantitative estimate of drug-likeness (QED) is 0.383. The monoisotopic (exact) mass is 295 g/mol. The van der Waals surface area contributed by atoms with E-state index in [1.54, 1.807) is 36.4 Å². The largest absolute Gasteiger partial charge is 0.384 e. The second kappa shape index (κ2) is 7.17. The summed E-state index contributed by atoms with van der Waals surface area (Å²) < 4.78 is 0. The molecule has 0 radical (unpaired) electrons. The third kappa shape index (κ3) is 3.38. The molecule has 2 aromatic carbocycles. The zero-order valence-corrected chi connectivity index (χ0v) is 11.5. The Morgan fingerprint density at radius 3 is 1.82 bits per heavy atom. The predicted molar refractivity (Wildman–Crippen MR) is 80.5 cm³/mol. The van der Waals surface area contributed by atoms with Crippen molar-refractivity contribution < 1.29 is 14.7 Å². The average Bonchev–Trinajstić information content (AvgIpc) is 2.59. The number of Topliss-reactive ketones (excluding diaryl/α,β-unsaturated/α-hetero) is 2. The van der Waals surface area contributed by atoms with Gasteiger partial charge in [0.25, 0.3) is 0 Å². The molecule has 2 rings (SSSR count). The number of ketones is 2. The number of benzene rings is 2. The minimum atomic E-state index is -1.73. The molecule has 2 aromatic rings. The number of hydrogen-bond donors (Lipinski definition) is 1. The fourth-order valence-corrected chi connectivity index (χ4v) is 2.00. The highest BCUT2D eigenvalue weighted by Crippen LogP contribution is 2.14. The van der Waals surface area contributed by atoms with Crippen LogP contribution in [0.25, 0.3) is 10.4 Å². The summed E-state index contributed by atoms with van der Waals surface area (Å²) in [7, 11) is 0. The van der Waals surface area contributed by atoms with Crippen LogP contribution in [0.2, 0.25) is 0 Å². The molecule has 0 spiro atoms. The van der Waals surface area contributed by atoms with Crippen molar-refractivity contribution in [2.75, 3.05) is 0 Å². The van der Waals surface area contributed by atoms with E-state index in [2.05, 4.69) is 10.0 Å². The first-order valence-electron chi connectivity index (χ1n) is 6.56. The highest BCUT2D eigenvalue weighted by Gasteiger charge is 2.32. The van der Waals surface area contributed by atoms with Crippen LogP contribution in [-0.2, 0) is 0 Å². The lowest BCUT2D eigenvalue weighted by atomic mass is 9.95. The highest BCUT2D eigenvalue weighted by atomic mass is 16.3. The van der Waals surface area contributed by atoms with Crippen LogP contribution in [0.15, 0.2) is 65.8 Å². The Labute approximate surface area is 126 Å². The van der Waals surface area contributed by atoms with E-state index in [-0.39, 0.29) is 11.1 Å². The SMILES string of the molecule is [N-]=[N+]=N[C@@H](C(=O)c1ccccc1)[C@@H](O)C(=O)c1ccccc1. The van der Waals surface area contributed by atoms with Crippen LogP contribution < -0.4 is 0 Å². The Bertz CT molecular complexity index is 710. The summed E-state index contributed by atoms with van der Waals surface area (Å²) in [5, 5.41) is 13.5. The van der Waals surface area contributed by atoms with Gasteiger partial charge < -0.3 is 5.11 Å². The summed E-state index contributed by atoms with van der Waals surface area (Å²) in [5.41, 5.74) is 9.13. The van der Waals surface area contributed by atoms with Gasteiger partial charge in [0.05, 0.1) is 0 Å². The van der Waals surface area contributed by atoms with Crippen molar-refractivity contribution in [2.45, 2.75) is 12.1 Å². The van der Waals surface area contributed by atoms with Crippen LogP contribution in [0, 0.1) is 0 Å².